The van der Waals surface area contributed by atoms with E-state index in [2.05, 4.69) is 34.5 Å². The molecule has 2 aromatic carbocycles. The molecule has 160 valence electrons. The van der Waals surface area contributed by atoms with Gasteiger partial charge in [-0.25, -0.2) is 5.48 Å². The first-order valence-corrected chi connectivity index (χ1v) is 9.90. The van der Waals surface area contributed by atoms with Crippen molar-refractivity contribution < 1.29 is 24.6 Å². The van der Waals surface area contributed by atoms with E-state index < -0.39 is 24.0 Å². The number of carbonyl (C=O) groups is 2. The minimum atomic E-state index is -1.25. The number of ether oxygens (including phenoxy) is 1. The molecule has 2 aromatic rings. The van der Waals surface area contributed by atoms with Gasteiger partial charge in [-0.05, 0) is 35.7 Å². The summed E-state index contributed by atoms with van der Waals surface area (Å²) < 4.78 is 5.38. The maximum atomic E-state index is 12.4. The molecule has 30 heavy (non-hydrogen) atoms. The average molecular weight is 413 g/mol. The van der Waals surface area contributed by atoms with E-state index in [0.29, 0.717) is 5.56 Å². The van der Waals surface area contributed by atoms with Crippen molar-refractivity contribution in [3.05, 3.63) is 59.7 Å². The highest BCUT2D eigenvalue weighted by Gasteiger charge is 2.25. The Labute approximate surface area is 175 Å². The van der Waals surface area contributed by atoms with Crippen molar-refractivity contribution in [2.24, 2.45) is 0 Å². The van der Waals surface area contributed by atoms with Crippen LogP contribution < -0.4 is 10.8 Å². The summed E-state index contributed by atoms with van der Waals surface area (Å²) in [5.41, 5.74) is 5.03. The number of carbonyl (C=O) groups excluding carboxylic acids is 2. The second-order valence-electron chi connectivity index (χ2n) is 7.33. The fourth-order valence-corrected chi connectivity index (χ4v) is 3.33. The van der Waals surface area contributed by atoms with Crippen LogP contribution in [-0.2, 0) is 16.1 Å². The second-order valence-corrected chi connectivity index (χ2v) is 7.33. The first-order chi connectivity index (χ1) is 14.5. The van der Waals surface area contributed by atoms with Gasteiger partial charge in [0.25, 0.3) is 11.8 Å². The number of hydrogen-bond acceptors (Lipinski definition) is 6. The van der Waals surface area contributed by atoms with Crippen LogP contribution >= 0.6 is 0 Å². The molecule has 0 saturated carbocycles. The van der Waals surface area contributed by atoms with Crippen LogP contribution in [0.25, 0.3) is 11.1 Å². The summed E-state index contributed by atoms with van der Waals surface area (Å²) in [5.74, 6) is -1.40. The molecule has 8 heteroatoms. The zero-order valence-corrected chi connectivity index (χ0v) is 16.9. The number of morpholine rings is 1. The van der Waals surface area contributed by atoms with Crippen molar-refractivity contribution in [2.45, 2.75) is 25.6 Å². The molecule has 4 N–H and O–H groups in total. The van der Waals surface area contributed by atoms with E-state index in [4.69, 9.17) is 9.94 Å². The van der Waals surface area contributed by atoms with E-state index in [1.807, 2.05) is 12.1 Å². The number of nitrogens with zero attached hydrogens (tertiary/aromatic N) is 1. The van der Waals surface area contributed by atoms with E-state index in [1.165, 1.54) is 18.0 Å². The molecule has 0 unspecified atom stereocenters. The quantitative estimate of drug-likeness (QED) is 0.401. The molecule has 0 bridgehead atoms. The van der Waals surface area contributed by atoms with Crippen LogP contribution in [0.2, 0.25) is 0 Å². The molecule has 0 aliphatic carbocycles. The van der Waals surface area contributed by atoms with Gasteiger partial charge in [-0.2, -0.15) is 0 Å². The van der Waals surface area contributed by atoms with Gasteiger partial charge in [-0.3, -0.25) is 19.7 Å². The van der Waals surface area contributed by atoms with Crippen molar-refractivity contribution in [1.29, 1.82) is 0 Å². The Morgan fingerprint density at radius 1 is 1.03 bits per heavy atom. The van der Waals surface area contributed by atoms with Crippen LogP contribution in [0.4, 0.5) is 0 Å². The molecule has 3 rings (SSSR count). The number of aliphatic hydroxyl groups excluding tert-OH is 1. The molecule has 8 nitrogen and oxygen atoms in total. The van der Waals surface area contributed by atoms with Crippen molar-refractivity contribution in [2.75, 3.05) is 26.3 Å². The standard InChI is InChI=1S/C22H27N3O5/c1-15(26)20(22(28)24-29)23-21(27)19-8-6-18(7-9-19)17-4-2-16(3-5-17)14-25-10-12-30-13-11-25/h2-9,15,20,26,29H,10-14H2,1H3,(H,23,27)(H,24,28)/t15-,20+/m1/s1. The molecule has 1 aliphatic heterocycles. The number of nitrogens with one attached hydrogen (secondary N) is 2. The van der Waals surface area contributed by atoms with Crippen molar-refractivity contribution >= 4 is 11.8 Å². The minimum absolute atomic E-state index is 0.346. The highest BCUT2D eigenvalue weighted by Crippen LogP contribution is 2.21. The molecule has 2 amide bonds. The molecule has 1 aliphatic rings. The van der Waals surface area contributed by atoms with Gasteiger partial charge < -0.3 is 15.2 Å². The van der Waals surface area contributed by atoms with E-state index in [9.17, 15) is 14.7 Å². The summed E-state index contributed by atoms with van der Waals surface area (Å²) >= 11 is 0. The first-order valence-electron chi connectivity index (χ1n) is 9.90. The Balaban J connectivity index is 1.63. The largest absolute Gasteiger partial charge is 0.391 e. The van der Waals surface area contributed by atoms with E-state index in [0.717, 1.165) is 44.0 Å². The Hall–Kier alpha value is -2.78. The lowest BCUT2D eigenvalue weighted by atomic mass is 10.0. The average Bonchev–Trinajstić information content (AvgIpc) is 2.78. The third kappa shape index (κ3) is 5.64. The number of hydrogen-bond donors (Lipinski definition) is 4. The third-order valence-electron chi connectivity index (χ3n) is 5.11. The van der Waals surface area contributed by atoms with Gasteiger partial charge >= 0.3 is 0 Å². The van der Waals surface area contributed by atoms with E-state index in [-0.39, 0.29) is 0 Å². The van der Waals surface area contributed by atoms with Crippen LogP contribution in [0.15, 0.2) is 48.5 Å². The number of amides is 2. The zero-order chi connectivity index (χ0) is 21.5. The lowest BCUT2D eigenvalue weighted by molar-refractivity contribution is -0.133. The van der Waals surface area contributed by atoms with Crippen LogP contribution in [-0.4, -0.2) is 65.5 Å². The van der Waals surface area contributed by atoms with Gasteiger partial charge in [0.05, 0.1) is 19.3 Å². The number of benzene rings is 2. The van der Waals surface area contributed by atoms with Crippen LogP contribution in [0.5, 0.6) is 0 Å². The fraction of sp³-hybridized carbons (Fsp3) is 0.364. The lowest BCUT2D eigenvalue weighted by Crippen LogP contribution is -2.51. The lowest BCUT2D eigenvalue weighted by Gasteiger charge is -2.26. The smallest absolute Gasteiger partial charge is 0.268 e. The summed E-state index contributed by atoms with van der Waals surface area (Å²) in [6.07, 6.45) is -1.16. The van der Waals surface area contributed by atoms with Gasteiger partial charge in [0.1, 0.15) is 6.04 Å². The third-order valence-corrected chi connectivity index (χ3v) is 5.11. The molecule has 1 fully saturated rings. The Bertz CT molecular complexity index is 846. The highest BCUT2D eigenvalue weighted by molar-refractivity contribution is 5.97. The molecule has 0 spiro atoms. The Kier molecular flexibility index (Phi) is 7.53. The zero-order valence-electron chi connectivity index (χ0n) is 16.9. The van der Waals surface area contributed by atoms with Gasteiger partial charge in [-0.1, -0.05) is 36.4 Å². The van der Waals surface area contributed by atoms with Crippen LogP contribution in [0.1, 0.15) is 22.8 Å². The maximum Gasteiger partial charge on any atom is 0.268 e. The predicted molar refractivity (Wildman–Crippen MR) is 111 cm³/mol. The van der Waals surface area contributed by atoms with Gasteiger partial charge in [0.15, 0.2) is 0 Å². The van der Waals surface area contributed by atoms with Gasteiger partial charge in [0, 0.05) is 25.2 Å². The van der Waals surface area contributed by atoms with Gasteiger partial charge in [-0.15, -0.1) is 0 Å². The van der Waals surface area contributed by atoms with E-state index in [1.54, 1.807) is 12.1 Å². The van der Waals surface area contributed by atoms with Crippen molar-refractivity contribution in [1.82, 2.24) is 15.7 Å². The Morgan fingerprint density at radius 3 is 2.13 bits per heavy atom. The summed E-state index contributed by atoms with van der Waals surface area (Å²) in [6.45, 7) is 5.70. The SMILES string of the molecule is C[C@@H](O)[C@H](NC(=O)c1ccc(-c2ccc(CN3CCOCC3)cc2)cc1)C(=O)NO. The predicted octanol–water partition coefficient (Wildman–Crippen LogP) is 1.17. The number of aliphatic hydroxyl groups is 1. The maximum absolute atomic E-state index is 12.4. The van der Waals surface area contributed by atoms with Crippen molar-refractivity contribution in [3.8, 4) is 11.1 Å². The van der Waals surface area contributed by atoms with Crippen molar-refractivity contribution in [3.63, 3.8) is 0 Å². The minimum Gasteiger partial charge on any atom is -0.391 e. The number of rotatable bonds is 7. The van der Waals surface area contributed by atoms with Crippen LogP contribution in [0, 0.1) is 0 Å². The summed E-state index contributed by atoms with van der Waals surface area (Å²) in [6, 6.07) is 14.0. The molecule has 0 aromatic heterocycles. The molecule has 1 saturated heterocycles. The molecular weight excluding hydrogens is 386 g/mol. The highest BCUT2D eigenvalue weighted by atomic mass is 16.5. The summed E-state index contributed by atoms with van der Waals surface area (Å²) in [7, 11) is 0. The van der Waals surface area contributed by atoms with E-state index >= 15 is 0 Å². The fourth-order valence-electron chi connectivity index (χ4n) is 3.33. The number of hydroxylamine groups is 1. The first kappa shape index (κ1) is 21.9. The monoisotopic (exact) mass is 413 g/mol. The molecular formula is C22H27N3O5. The Morgan fingerprint density at radius 2 is 1.60 bits per heavy atom. The molecule has 1 heterocycles. The normalized spacial score (nSPS) is 16.5. The topological polar surface area (TPSA) is 111 Å². The second kappa shape index (κ2) is 10.3. The summed E-state index contributed by atoms with van der Waals surface area (Å²) in [4.78, 5) is 26.3. The molecule has 2 atom stereocenters. The summed E-state index contributed by atoms with van der Waals surface area (Å²) in [5, 5.41) is 20.8. The van der Waals surface area contributed by atoms with Crippen LogP contribution in [0.3, 0.4) is 0 Å². The molecule has 0 radical (unpaired) electrons. The van der Waals surface area contributed by atoms with Gasteiger partial charge in [0.2, 0.25) is 0 Å².